The minimum Gasteiger partial charge on any atom is -0.438 e. The second-order valence-electron chi connectivity index (χ2n) is 10.9. The summed E-state index contributed by atoms with van der Waals surface area (Å²) in [7, 11) is 0. The van der Waals surface area contributed by atoms with E-state index in [2.05, 4.69) is 10.2 Å². The smallest absolute Gasteiger partial charge is 0.418 e. The Kier molecular flexibility index (Phi) is 8.66. The third kappa shape index (κ3) is 6.47. The molecule has 0 saturated carbocycles. The van der Waals surface area contributed by atoms with Gasteiger partial charge in [0.25, 0.3) is 5.91 Å². The molecule has 232 valence electrons. The van der Waals surface area contributed by atoms with Gasteiger partial charge in [0.05, 0.1) is 22.0 Å². The Morgan fingerprint density at radius 3 is 2.42 bits per heavy atom. The number of ether oxygens (including phenoxy) is 2. The van der Waals surface area contributed by atoms with Gasteiger partial charge in [-0.25, -0.2) is 9.59 Å². The zero-order chi connectivity index (χ0) is 30.9. The van der Waals surface area contributed by atoms with E-state index < -0.39 is 47.2 Å². The van der Waals surface area contributed by atoms with E-state index >= 15 is 0 Å². The number of hydrogen-bond acceptors (Lipinski definition) is 7. The van der Waals surface area contributed by atoms with Crippen molar-refractivity contribution in [1.82, 2.24) is 14.7 Å². The van der Waals surface area contributed by atoms with Gasteiger partial charge < -0.3 is 29.9 Å². The molecule has 2 fully saturated rings. The fraction of sp³-hybridized carbons (Fsp3) is 0.483. The monoisotopic (exact) mass is 623 g/mol. The summed E-state index contributed by atoms with van der Waals surface area (Å²) < 4.78 is 52.4. The van der Waals surface area contributed by atoms with Gasteiger partial charge in [0.2, 0.25) is 0 Å². The molecular weight excluding hydrogens is 591 g/mol. The number of likely N-dealkylation sites (tertiary alicyclic amines) is 1. The first-order valence-electron chi connectivity index (χ1n) is 14.1. The molecule has 0 unspecified atom stereocenters. The summed E-state index contributed by atoms with van der Waals surface area (Å²) in [5.74, 6) is -0.500. The Bertz CT molecular complexity index is 1390. The van der Waals surface area contributed by atoms with Crippen LogP contribution in [0.15, 0.2) is 36.4 Å². The number of carbonyl (C=O) groups excluding carboxylic acids is 3. The molecule has 3 N–H and O–H groups in total. The molecule has 0 bridgehead atoms. The highest BCUT2D eigenvalue weighted by molar-refractivity contribution is 6.33. The summed E-state index contributed by atoms with van der Waals surface area (Å²) >= 11 is 6.03. The van der Waals surface area contributed by atoms with E-state index in [1.54, 1.807) is 17.0 Å². The van der Waals surface area contributed by atoms with E-state index in [0.717, 1.165) is 18.2 Å². The van der Waals surface area contributed by atoms with Gasteiger partial charge in [-0.15, -0.1) is 0 Å². The number of alkyl halides is 3. The normalized spacial score (nSPS) is 19.3. The number of nitrogens with two attached hydrogens (primary N) is 1. The third-order valence-corrected chi connectivity index (χ3v) is 8.65. The summed E-state index contributed by atoms with van der Waals surface area (Å²) in [6.07, 6.45) is -7.25. The summed E-state index contributed by atoms with van der Waals surface area (Å²) in [4.78, 5) is 44.4. The molecule has 10 nitrogen and oxygen atoms in total. The quantitative estimate of drug-likeness (QED) is 0.464. The Hall–Kier alpha value is -3.71. The van der Waals surface area contributed by atoms with Gasteiger partial charge in [-0.05, 0) is 30.3 Å². The number of rotatable bonds is 5. The Balaban J connectivity index is 1.34. The topological polar surface area (TPSA) is 117 Å². The largest absolute Gasteiger partial charge is 0.438 e. The van der Waals surface area contributed by atoms with Gasteiger partial charge in [-0.3, -0.25) is 10.1 Å². The lowest BCUT2D eigenvalue weighted by Crippen LogP contribution is -2.54. The molecule has 1 spiro atoms. The first kappa shape index (κ1) is 30.7. The number of halogens is 4. The highest BCUT2D eigenvalue weighted by Crippen LogP contribution is 2.43. The number of para-hydroxylation sites is 1. The molecule has 3 aliphatic heterocycles. The van der Waals surface area contributed by atoms with Gasteiger partial charge >= 0.3 is 18.4 Å². The van der Waals surface area contributed by atoms with Gasteiger partial charge in [0.1, 0.15) is 5.60 Å². The second-order valence-corrected chi connectivity index (χ2v) is 11.3. The van der Waals surface area contributed by atoms with Crippen LogP contribution in [0.5, 0.6) is 0 Å². The molecule has 0 aliphatic carbocycles. The number of piperidine rings is 1. The standard InChI is InChI=1S/C29H33ClF3N5O5/c1-2-36-11-13-37(14-12-36)25(39)23(17-18-15-20(29(31,32)33)24(34)21(30)16-18)42-27(41)38-9-7-28(8-10-38)19-5-3-4-6-22(19)35-26(40)43-28/h3-6,15-16,23H,2,7-14,17,34H2,1H3,(H,35,40)/t23-/m1/s1. The zero-order valence-electron chi connectivity index (χ0n) is 23.6. The maximum absolute atomic E-state index is 13.6. The number of nitrogens with one attached hydrogen (secondary N) is 1. The number of amides is 3. The summed E-state index contributed by atoms with van der Waals surface area (Å²) in [5, 5.41) is 2.38. The van der Waals surface area contributed by atoms with Crippen LogP contribution in [-0.2, 0) is 32.5 Å². The second kappa shape index (κ2) is 12.1. The van der Waals surface area contributed by atoms with E-state index in [-0.39, 0.29) is 30.1 Å². The number of fused-ring (bicyclic) bond motifs is 2. The number of anilines is 2. The van der Waals surface area contributed by atoms with Gasteiger partial charge in [-0.2, -0.15) is 13.2 Å². The highest BCUT2D eigenvalue weighted by Gasteiger charge is 2.46. The van der Waals surface area contributed by atoms with Crippen molar-refractivity contribution in [2.75, 3.05) is 56.9 Å². The minimum absolute atomic E-state index is 0.0562. The highest BCUT2D eigenvalue weighted by atomic mass is 35.5. The van der Waals surface area contributed by atoms with Crippen LogP contribution >= 0.6 is 11.6 Å². The predicted octanol–water partition coefficient (Wildman–Crippen LogP) is 4.71. The van der Waals surface area contributed by atoms with Crippen LogP contribution < -0.4 is 11.1 Å². The van der Waals surface area contributed by atoms with E-state index in [0.29, 0.717) is 44.7 Å². The number of benzene rings is 2. The van der Waals surface area contributed by atoms with Crippen molar-refractivity contribution in [2.24, 2.45) is 0 Å². The van der Waals surface area contributed by atoms with Crippen LogP contribution in [0.1, 0.15) is 36.5 Å². The van der Waals surface area contributed by atoms with Crippen molar-refractivity contribution in [2.45, 2.75) is 44.1 Å². The summed E-state index contributed by atoms with van der Waals surface area (Å²) in [6, 6.07) is 9.37. The van der Waals surface area contributed by atoms with Crippen molar-refractivity contribution in [3.05, 3.63) is 58.1 Å². The SMILES string of the molecule is CCN1CCN(C(=O)[C@@H](Cc2cc(Cl)c(N)c(C(F)(F)F)c2)OC(=O)N2CCC3(CC2)OC(=O)Nc2ccccc23)CC1. The third-order valence-electron chi connectivity index (χ3n) is 8.34. The molecule has 14 heteroatoms. The molecule has 0 aromatic heterocycles. The van der Waals surface area contributed by atoms with Crippen molar-refractivity contribution < 1.29 is 37.0 Å². The van der Waals surface area contributed by atoms with Crippen LogP contribution in [0.3, 0.4) is 0 Å². The lowest BCUT2D eigenvalue weighted by atomic mass is 9.82. The summed E-state index contributed by atoms with van der Waals surface area (Å²) in [6.45, 7) is 5.19. The number of nitrogens with zero attached hydrogens (tertiary/aromatic N) is 3. The predicted molar refractivity (Wildman–Crippen MR) is 153 cm³/mol. The van der Waals surface area contributed by atoms with E-state index in [1.165, 1.54) is 11.0 Å². The molecule has 2 saturated heterocycles. The Labute approximate surface area is 251 Å². The number of piperazine rings is 1. The first-order valence-corrected chi connectivity index (χ1v) is 14.5. The molecule has 2 aromatic rings. The lowest BCUT2D eigenvalue weighted by Gasteiger charge is -2.44. The fourth-order valence-corrected chi connectivity index (χ4v) is 6.13. The molecule has 3 aliphatic rings. The van der Waals surface area contributed by atoms with Crippen molar-refractivity contribution in [3.8, 4) is 0 Å². The molecule has 3 amide bonds. The fourth-order valence-electron chi connectivity index (χ4n) is 5.88. The molecule has 1 atom stereocenters. The molecule has 0 radical (unpaired) electrons. The maximum atomic E-state index is 13.6. The lowest BCUT2D eigenvalue weighted by molar-refractivity contribution is -0.143. The Morgan fingerprint density at radius 1 is 1.09 bits per heavy atom. The van der Waals surface area contributed by atoms with Crippen LogP contribution in [0.25, 0.3) is 0 Å². The van der Waals surface area contributed by atoms with Gasteiger partial charge in [0.15, 0.2) is 6.10 Å². The molecular formula is C29H33ClF3N5O5. The van der Waals surface area contributed by atoms with E-state index in [9.17, 15) is 27.6 Å². The van der Waals surface area contributed by atoms with E-state index in [1.807, 2.05) is 19.1 Å². The average Bonchev–Trinajstić information content (AvgIpc) is 2.98. The van der Waals surface area contributed by atoms with Gasteiger partial charge in [-0.1, -0.05) is 36.7 Å². The van der Waals surface area contributed by atoms with Crippen molar-refractivity contribution in [3.63, 3.8) is 0 Å². The number of likely N-dealkylation sites (N-methyl/N-ethyl adjacent to an activating group) is 1. The van der Waals surface area contributed by atoms with Crippen molar-refractivity contribution in [1.29, 1.82) is 0 Å². The van der Waals surface area contributed by atoms with Crippen LogP contribution in [0, 0.1) is 0 Å². The molecule has 5 rings (SSSR count). The zero-order valence-corrected chi connectivity index (χ0v) is 24.3. The number of nitrogen functional groups attached to an aromatic ring is 1. The maximum Gasteiger partial charge on any atom is 0.418 e. The first-order chi connectivity index (χ1) is 20.4. The molecule has 2 aromatic carbocycles. The average molecular weight is 624 g/mol. The van der Waals surface area contributed by atoms with Crippen LogP contribution in [0.2, 0.25) is 5.02 Å². The molecule has 3 heterocycles. The number of hydrogen-bond donors (Lipinski definition) is 2. The minimum atomic E-state index is -4.77. The van der Waals surface area contributed by atoms with Crippen LogP contribution in [0.4, 0.5) is 34.1 Å². The summed E-state index contributed by atoms with van der Waals surface area (Å²) in [5.41, 5.74) is 4.44. The van der Waals surface area contributed by atoms with Crippen LogP contribution in [-0.4, -0.2) is 84.7 Å². The number of carbonyl (C=O) groups is 3. The molecule has 43 heavy (non-hydrogen) atoms. The van der Waals surface area contributed by atoms with Crippen molar-refractivity contribution >= 4 is 41.1 Å². The Morgan fingerprint density at radius 2 is 1.77 bits per heavy atom. The van der Waals surface area contributed by atoms with Gasteiger partial charge in [0, 0.05) is 64.1 Å². The van der Waals surface area contributed by atoms with E-state index in [4.69, 9.17) is 26.8 Å².